The molecule has 0 atom stereocenters. The molecule has 0 saturated heterocycles. The van der Waals surface area contributed by atoms with Crippen molar-refractivity contribution in [1.29, 1.82) is 0 Å². The fraction of sp³-hybridized carbons (Fsp3) is 0.227. The van der Waals surface area contributed by atoms with E-state index in [1.165, 1.54) is 0 Å². The van der Waals surface area contributed by atoms with E-state index in [1.807, 2.05) is 36.4 Å². The van der Waals surface area contributed by atoms with Crippen molar-refractivity contribution in [2.75, 3.05) is 42.8 Å². The van der Waals surface area contributed by atoms with E-state index >= 15 is 0 Å². The van der Waals surface area contributed by atoms with Gasteiger partial charge in [-0.25, -0.2) is 0 Å². The first-order valence-corrected chi connectivity index (χ1v) is 10.1. The second-order valence-corrected chi connectivity index (χ2v) is 7.10. The van der Waals surface area contributed by atoms with Gasteiger partial charge < -0.3 is 30.7 Å². The van der Waals surface area contributed by atoms with Crippen molar-refractivity contribution in [3.05, 3.63) is 53.6 Å². The fourth-order valence-corrected chi connectivity index (χ4v) is 3.68. The molecule has 31 heavy (non-hydrogen) atoms. The van der Waals surface area contributed by atoms with Gasteiger partial charge in [0.2, 0.25) is 5.95 Å². The van der Waals surface area contributed by atoms with Gasteiger partial charge in [-0.15, -0.1) is 0 Å². The predicted molar refractivity (Wildman–Crippen MR) is 118 cm³/mol. The Hall–Kier alpha value is -4.01. The van der Waals surface area contributed by atoms with E-state index in [4.69, 9.17) is 14.5 Å². The minimum absolute atomic E-state index is 0.168. The summed E-state index contributed by atoms with van der Waals surface area (Å²) >= 11 is 0. The quantitative estimate of drug-likeness (QED) is 0.501. The molecule has 0 fully saturated rings. The molecule has 2 aromatic carbocycles. The van der Waals surface area contributed by atoms with Crippen molar-refractivity contribution in [1.82, 2.24) is 15.3 Å². The highest BCUT2D eigenvalue weighted by Crippen LogP contribution is 2.39. The highest BCUT2D eigenvalue weighted by molar-refractivity contribution is 6.00. The van der Waals surface area contributed by atoms with Crippen LogP contribution in [0.2, 0.25) is 0 Å². The molecule has 4 N–H and O–H groups in total. The number of amides is 1. The van der Waals surface area contributed by atoms with E-state index in [0.717, 1.165) is 30.0 Å². The fourth-order valence-electron chi connectivity index (χ4n) is 3.68. The van der Waals surface area contributed by atoms with Gasteiger partial charge in [-0.3, -0.25) is 4.79 Å². The van der Waals surface area contributed by atoms with Crippen LogP contribution in [0.25, 0.3) is 0 Å². The van der Waals surface area contributed by atoms with E-state index in [0.29, 0.717) is 47.7 Å². The topological polar surface area (TPSA) is 109 Å². The van der Waals surface area contributed by atoms with Gasteiger partial charge in [0.05, 0.1) is 16.9 Å². The number of nitrogens with zero attached hydrogens (tertiary/aromatic N) is 2. The van der Waals surface area contributed by atoms with E-state index in [9.17, 15) is 4.79 Å². The molecule has 3 heterocycles. The molecule has 3 aromatic rings. The van der Waals surface area contributed by atoms with Gasteiger partial charge in [0.1, 0.15) is 24.8 Å². The second kappa shape index (κ2) is 8.02. The molecule has 1 aromatic heterocycles. The number of fused-ring (bicyclic) bond motifs is 2. The number of nitrogens with one attached hydrogen (secondary N) is 4. The molecule has 0 saturated carbocycles. The van der Waals surface area contributed by atoms with Crippen molar-refractivity contribution in [2.45, 2.75) is 6.42 Å². The van der Waals surface area contributed by atoms with Crippen LogP contribution in [-0.4, -0.2) is 42.7 Å². The monoisotopic (exact) mass is 418 g/mol. The first-order valence-electron chi connectivity index (χ1n) is 10.1. The summed E-state index contributed by atoms with van der Waals surface area (Å²) in [7, 11) is 1.61. The van der Waals surface area contributed by atoms with Crippen LogP contribution in [0.3, 0.4) is 0 Å². The second-order valence-electron chi connectivity index (χ2n) is 7.10. The Morgan fingerprint density at radius 2 is 1.84 bits per heavy atom. The maximum absolute atomic E-state index is 12.3. The Morgan fingerprint density at radius 1 is 1.00 bits per heavy atom. The molecule has 5 rings (SSSR count). The van der Waals surface area contributed by atoms with Gasteiger partial charge in [0, 0.05) is 19.2 Å². The molecule has 0 unspecified atom stereocenters. The molecule has 2 aliphatic heterocycles. The van der Waals surface area contributed by atoms with E-state index < -0.39 is 0 Å². The molecule has 0 radical (unpaired) electrons. The van der Waals surface area contributed by atoms with Crippen LogP contribution in [0.15, 0.2) is 42.5 Å². The van der Waals surface area contributed by atoms with Crippen molar-refractivity contribution in [3.63, 3.8) is 0 Å². The summed E-state index contributed by atoms with van der Waals surface area (Å²) in [5, 5.41) is 12.5. The first-order chi connectivity index (χ1) is 15.2. The highest BCUT2D eigenvalue weighted by Gasteiger charge is 2.22. The SMILES string of the molecule is CNC(=O)c1ccccc1Nc1nc(Nc2cccc3c2OCCO3)nc2c1CCN2. The molecule has 2 aliphatic rings. The lowest BCUT2D eigenvalue weighted by molar-refractivity contribution is 0.0964. The normalized spacial score (nSPS) is 13.7. The van der Waals surface area contributed by atoms with Gasteiger partial charge in [0.15, 0.2) is 11.5 Å². The number of aromatic nitrogens is 2. The number of para-hydroxylation sites is 2. The van der Waals surface area contributed by atoms with Crippen LogP contribution in [0.1, 0.15) is 15.9 Å². The zero-order valence-corrected chi connectivity index (χ0v) is 17.0. The first kappa shape index (κ1) is 19.0. The van der Waals surface area contributed by atoms with Gasteiger partial charge in [0.25, 0.3) is 5.91 Å². The number of hydrogen-bond acceptors (Lipinski definition) is 8. The third-order valence-electron chi connectivity index (χ3n) is 5.14. The van der Waals surface area contributed by atoms with Gasteiger partial charge >= 0.3 is 0 Å². The van der Waals surface area contributed by atoms with Gasteiger partial charge in [-0.1, -0.05) is 18.2 Å². The Labute approximate surface area is 179 Å². The standard InChI is InChI=1S/C22H22N6O3/c1-23-21(29)13-5-2-3-6-15(13)25-20-14-9-10-24-19(14)27-22(28-20)26-16-7-4-8-17-18(16)31-12-11-30-17/h2-8H,9-12H2,1H3,(H,23,29)(H3,24,25,26,27,28). The Morgan fingerprint density at radius 3 is 2.74 bits per heavy atom. The predicted octanol–water partition coefficient (Wildman–Crippen LogP) is 3.06. The van der Waals surface area contributed by atoms with Crippen molar-refractivity contribution < 1.29 is 14.3 Å². The Balaban J connectivity index is 1.50. The van der Waals surface area contributed by atoms with E-state index in [1.54, 1.807) is 13.1 Å². The molecule has 0 aliphatic carbocycles. The number of carbonyl (C=O) groups is 1. The molecule has 158 valence electrons. The van der Waals surface area contributed by atoms with Crippen LogP contribution in [-0.2, 0) is 6.42 Å². The number of hydrogen-bond donors (Lipinski definition) is 4. The van der Waals surface area contributed by atoms with Crippen LogP contribution < -0.4 is 30.7 Å². The maximum Gasteiger partial charge on any atom is 0.253 e. The summed E-state index contributed by atoms with van der Waals surface area (Å²) in [6.07, 6.45) is 0.789. The van der Waals surface area contributed by atoms with E-state index in [-0.39, 0.29) is 5.91 Å². The lowest BCUT2D eigenvalue weighted by atomic mass is 10.1. The minimum Gasteiger partial charge on any atom is -0.486 e. The molecule has 0 spiro atoms. The summed E-state index contributed by atoms with van der Waals surface area (Å²) in [6.45, 7) is 1.78. The van der Waals surface area contributed by atoms with Crippen LogP contribution in [0.4, 0.5) is 29.0 Å². The number of ether oxygens (including phenoxy) is 2. The van der Waals surface area contributed by atoms with Crippen LogP contribution in [0.5, 0.6) is 11.5 Å². The summed E-state index contributed by atoms with van der Waals surface area (Å²) in [4.78, 5) is 21.6. The molecular weight excluding hydrogens is 396 g/mol. The summed E-state index contributed by atoms with van der Waals surface area (Å²) in [6, 6.07) is 13.0. The van der Waals surface area contributed by atoms with Gasteiger partial charge in [-0.2, -0.15) is 9.97 Å². The lowest BCUT2D eigenvalue weighted by Gasteiger charge is -2.21. The molecule has 9 nitrogen and oxygen atoms in total. The molecule has 9 heteroatoms. The molecular formula is C22H22N6O3. The Bertz CT molecular complexity index is 1150. The average Bonchev–Trinajstić information content (AvgIpc) is 3.28. The largest absolute Gasteiger partial charge is 0.486 e. The van der Waals surface area contributed by atoms with Gasteiger partial charge in [-0.05, 0) is 30.7 Å². The lowest BCUT2D eigenvalue weighted by Crippen LogP contribution is -2.19. The highest BCUT2D eigenvalue weighted by atomic mass is 16.6. The molecule has 0 bridgehead atoms. The summed E-state index contributed by atoms with van der Waals surface area (Å²) in [5.74, 6) is 2.99. The Kier molecular flexibility index (Phi) is 4.91. The maximum atomic E-state index is 12.3. The van der Waals surface area contributed by atoms with Crippen molar-refractivity contribution in [2.24, 2.45) is 0 Å². The number of carbonyl (C=O) groups excluding carboxylic acids is 1. The zero-order chi connectivity index (χ0) is 21.2. The van der Waals surface area contributed by atoms with Crippen molar-refractivity contribution in [3.8, 4) is 11.5 Å². The zero-order valence-electron chi connectivity index (χ0n) is 17.0. The molecule has 1 amide bonds. The van der Waals surface area contributed by atoms with Crippen LogP contribution >= 0.6 is 0 Å². The smallest absolute Gasteiger partial charge is 0.253 e. The minimum atomic E-state index is -0.168. The number of anilines is 5. The summed E-state index contributed by atoms with van der Waals surface area (Å²) in [5.41, 5.74) is 2.92. The average molecular weight is 418 g/mol. The number of benzene rings is 2. The number of rotatable bonds is 5. The third kappa shape index (κ3) is 3.65. The van der Waals surface area contributed by atoms with Crippen molar-refractivity contribution >= 4 is 34.9 Å². The summed E-state index contributed by atoms with van der Waals surface area (Å²) < 4.78 is 11.4. The third-order valence-corrected chi connectivity index (χ3v) is 5.14. The van der Waals surface area contributed by atoms with Crippen LogP contribution in [0, 0.1) is 0 Å². The van der Waals surface area contributed by atoms with E-state index in [2.05, 4.69) is 26.3 Å².